The highest BCUT2D eigenvalue weighted by Gasteiger charge is 2.25. The number of hydroxylamine groups is 2. The molecule has 130 valence electrons. The van der Waals surface area contributed by atoms with Crippen LogP contribution in [-0.4, -0.2) is 56.9 Å². The van der Waals surface area contributed by atoms with E-state index in [1.807, 2.05) is 6.08 Å². The second-order valence-electron chi connectivity index (χ2n) is 5.17. The van der Waals surface area contributed by atoms with E-state index in [1.54, 1.807) is 30.3 Å². The zero-order valence-electron chi connectivity index (χ0n) is 13.9. The Labute approximate surface area is 141 Å². The molecule has 0 aromatic heterocycles. The maximum absolute atomic E-state index is 12.6. The number of para-hydroxylation sites is 1. The molecule has 1 N–H and O–H groups in total. The van der Waals surface area contributed by atoms with Crippen LogP contribution in [0, 0.1) is 0 Å². The van der Waals surface area contributed by atoms with Gasteiger partial charge in [-0.3, -0.25) is 14.4 Å². The summed E-state index contributed by atoms with van der Waals surface area (Å²) in [4.78, 5) is 29.9. The molecule has 0 radical (unpaired) electrons. The number of fused-ring (bicyclic) bond motifs is 1. The van der Waals surface area contributed by atoms with Gasteiger partial charge >= 0.3 is 0 Å². The number of benzene rings is 1. The van der Waals surface area contributed by atoms with E-state index >= 15 is 0 Å². The van der Waals surface area contributed by atoms with E-state index < -0.39 is 6.04 Å². The van der Waals surface area contributed by atoms with E-state index in [4.69, 9.17) is 14.3 Å². The van der Waals surface area contributed by atoms with Crippen LogP contribution in [0.25, 0.3) is 0 Å². The summed E-state index contributed by atoms with van der Waals surface area (Å²) in [7, 11) is 2.89. The average Bonchev–Trinajstić information content (AvgIpc) is 2.62. The van der Waals surface area contributed by atoms with Gasteiger partial charge in [0.1, 0.15) is 18.4 Å². The monoisotopic (exact) mass is 334 g/mol. The SMILES string of the molecule is CON(C)C(=O)[C@@H]1C/C=C\COCCOc2ccccc2C(=O)N1. The Kier molecular flexibility index (Phi) is 6.77. The maximum Gasteiger partial charge on any atom is 0.268 e. The fourth-order valence-electron chi connectivity index (χ4n) is 2.21. The van der Waals surface area contributed by atoms with Gasteiger partial charge in [-0.1, -0.05) is 24.3 Å². The third kappa shape index (κ3) is 4.81. The molecular formula is C17H22N2O5. The Morgan fingerprint density at radius 1 is 1.29 bits per heavy atom. The van der Waals surface area contributed by atoms with Crippen LogP contribution in [0.5, 0.6) is 5.75 Å². The normalized spacial score (nSPS) is 20.2. The summed E-state index contributed by atoms with van der Waals surface area (Å²) in [6.07, 6.45) is 3.95. The van der Waals surface area contributed by atoms with Crippen LogP contribution in [-0.2, 0) is 14.4 Å². The molecule has 1 aromatic rings. The van der Waals surface area contributed by atoms with Crippen LogP contribution < -0.4 is 10.1 Å². The Bertz CT molecular complexity index is 602. The van der Waals surface area contributed by atoms with Gasteiger partial charge in [0.05, 0.1) is 25.9 Å². The number of rotatable bonds is 2. The molecule has 0 unspecified atom stereocenters. The fraction of sp³-hybridized carbons (Fsp3) is 0.412. The molecule has 2 amide bonds. The summed E-state index contributed by atoms with van der Waals surface area (Å²) in [5.41, 5.74) is 0.374. The Morgan fingerprint density at radius 3 is 2.88 bits per heavy atom. The van der Waals surface area contributed by atoms with Crippen LogP contribution in [0.15, 0.2) is 36.4 Å². The van der Waals surface area contributed by atoms with Gasteiger partial charge in [0.15, 0.2) is 0 Å². The lowest BCUT2D eigenvalue weighted by Crippen LogP contribution is -2.46. The number of hydrogen-bond acceptors (Lipinski definition) is 5. The predicted octanol–water partition coefficient (Wildman–Crippen LogP) is 1.16. The standard InChI is InChI=1S/C17H22N2O5/c1-19(22-2)17(21)14-8-5-6-10-23-11-12-24-15-9-4-3-7-13(15)16(20)18-14/h3-7,9,14H,8,10-12H2,1-2H3,(H,18,20)/b6-5-/t14-/m0/s1. The predicted molar refractivity (Wildman–Crippen MR) is 87.5 cm³/mol. The van der Waals surface area contributed by atoms with Gasteiger partial charge in [0, 0.05) is 7.05 Å². The van der Waals surface area contributed by atoms with Crippen LogP contribution >= 0.6 is 0 Å². The average molecular weight is 334 g/mol. The highest BCUT2D eigenvalue weighted by molar-refractivity contribution is 5.99. The van der Waals surface area contributed by atoms with Crippen molar-refractivity contribution in [1.82, 2.24) is 10.4 Å². The maximum atomic E-state index is 12.6. The lowest BCUT2D eigenvalue weighted by molar-refractivity contribution is -0.170. The smallest absolute Gasteiger partial charge is 0.268 e. The lowest BCUT2D eigenvalue weighted by atomic mass is 10.1. The molecule has 0 aliphatic carbocycles. The molecule has 0 saturated carbocycles. The number of carbonyl (C=O) groups excluding carboxylic acids is 2. The van der Waals surface area contributed by atoms with Crippen LogP contribution in [0.4, 0.5) is 0 Å². The second-order valence-corrected chi connectivity index (χ2v) is 5.17. The first-order chi connectivity index (χ1) is 11.6. The molecule has 0 saturated heterocycles. The topological polar surface area (TPSA) is 77.1 Å². The van der Waals surface area contributed by atoms with E-state index in [0.717, 1.165) is 5.06 Å². The summed E-state index contributed by atoms with van der Waals surface area (Å²) < 4.78 is 11.0. The van der Waals surface area contributed by atoms with Crippen LogP contribution in [0.2, 0.25) is 0 Å². The van der Waals surface area contributed by atoms with Gasteiger partial charge in [-0.05, 0) is 18.6 Å². The van der Waals surface area contributed by atoms with Gasteiger partial charge in [-0.2, -0.15) is 0 Å². The summed E-state index contributed by atoms with van der Waals surface area (Å²) in [6.45, 7) is 1.17. The van der Waals surface area contributed by atoms with Gasteiger partial charge < -0.3 is 14.8 Å². The molecule has 24 heavy (non-hydrogen) atoms. The minimum atomic E-state index is -0.743. The van der Waals surface area contributed by atoms with Crippen molar-refractivity contribution in [3.63, 3.8) is 0 Å². The second kappa shape index (κ2) is 9.05. The quantitative estimate of drug-likeness (QED) is 0.649. The van der Waals surface area contributed by atoms with Crippen molar-refractivity contribution in [3.05, 3.63) is 42.0 Å². The minimum absolute atomic E-state index is 0.338. The van der Waals surface area contributed by atoms with Crippen molar-refractivity contribution in [2.45, 2.75) is 12.5 Å². The summed E-state index contributed by atoms with van der Waals surface area (Å²) in [5, 5.41) is 3.84. The number of hydrogen-bond donors (Lipinski definition) is 1. The first-order valence-corrected chi connectivity index (χ1v) is 7.70. The summed E-state index contributed by atoms with van der Waals surface area (Å²) in [5.74, 6) is -0.260. The van der Waals surface area contributed by atoms with Crippen molar-refractivity contribution in [1.29, 1.82) is 0 Å². The van der Waals surface area contributed by atoms with Gasteiger partial charge in [-0.25, -0.2) is 5.06 Å². The third-order valence-corrected chi connectivity index (χ3v) is 3.56. The highest BCUT2D eigenvalue weighted by Crippen LogP contribution is 2.18. The Morgan fingerprint density at radius 2 is 2.08 bits per heavy atom. The molecule has 1 atom stereocenters. The molecule has 1 heterocycles. The molecule has 1 aliphatic heterocycles. The van der Waals surface area contributed by atoms with Crippen molar-refractivity contribution < 1.29 is 23.9 Å². The molecule has 7 nitrogen and oxygen atoms in total. The number of carbonyl (C=O) groups is 2. The zero-order valence-corrected chi connectivity index (χ0v) is 13.9. The third-order valence-electron chi connectivity index (χ3n) is 3.56. The van der Waals surface area contributed by atoms with Crippen molar-refractivity contribution >= 4 is 11.8 Å². The minimum Gasteiger partial charge on any atom is -0.490 e. The van der Waals surface area contributed by atoms with Crippen molar-refractivity contribution in [2.24, 2.45) is 0 Å². The molecule has 2 rings (SSSR count). The molecule has 7 heteroatoms. The number of amides is 2. The lowest BCUT2D eigenvalue weighted by Gasteiger charge is -2.22. The van der Waals surface area contributed by atoms with E-state index in [1.165, 1.54) is 14.2 Å². The van der Waals surface area contributed by atoms with E-state index in [-0.39, 0.29) is 11.8 Å². The number of likely N-dealkylation sites (N-methyl/N-ethyl adjacent to an activating group) is 1. The molecule has 0 fully saturated rings. The number of ether oxygens (including phenoxy) is 2. The van der Waals surface area contributed by atoms with Crippen LogP contribution in [0.3, 0.4) is 0 Å². The first kappa shape index (κ1) is 18.0. The van der Waals surface area contributed by atoms with E-state index in [9.17, 15) is 9.59 Å². The van der Waals surface area contributed by atoms with Gasteiger partial charge in [-0.15, -0.1) is 0 Å². The molecule has 1 aliphatic rings. The van der Waals surface area contributed by atoms with Gasteiger partial charge in [0.25, 0.3) is 11.8 Å². The van der Waals surface area contributed by atoms with E-state index in [0.29, 0.717) is 37.6 Å². The van der Waals surface area contributed by atoms with Gasteiger partial charge in [0.2, 0.25) is 0 Å². The Hall–Kier alpha value is -2.38. The van der Waals surface area contributed by atoms with Crippen molar-refractivity contribution in [2.75, 3.05) is 34.0 Å². The highest BCUT2D eigenvalue weighted by atomic mass is 16.7. The molecular weight excluding hydrogens is 312 g/mol. The molecule has 1 aromatic carbocycles. The van der Waals surface area contributed by atoms with Crippen molar-refractivity contribution in [3.8, 4) is 5.75 Å². The fourth-order valence-corrected chi connectivity index (χ4v) is 2.21. The molecule has 0 spiro atoms. The number of nitrogens with one attached hydrogen (secondary N) is 1. The summed E-state index contributed by atoms with van der Waals surface area (Å²) in [6, 6.07) is 6.16. The summed E-state index contributed by atoms with van der Waals surface area (Å²) >= 11 is 0. The molecule has 0 bridgehead atoms. The first-order valence-electron chi connectivity index (χ1n) is 7.70. The largest absolute Gasteiger partial charge is 0.490 e. The van der Waals surface area contributed by atoms with E-state index in [2.05, 4.69) is 5.32 Å². The number of nitrogens with zero attached hydrogens (tertiary/aromatic N) is 1. The Balaban J connectivity index is 2.25. The van der Waals surface area contributed by atoms with Crippen LogP contribution in [0.1, 0.15) is 16.8 Å². The zero-order chi connectivity index (χ0) is 17.4.